The van der Waals surface area contributed by atoms with Gasteiger partial charge in [0.1, 0.15) is 47.7 Å². The van der Waals surface area contributed by atoms with Gasteiger partial charge in [-0.15, -0.1) is 0 Å². The van der Waals surface area contributed by atoms with Crippen LogP contribution in [-0.4, -0.2) is 165 Å². The second-order valence-corrected chi connectivity index (χ2v) is 16.8. The molecule has 0 aliphatic carbocycles. The van der Waals surface area contributed by atoms with E-state index in [2.05, 4.69) is 40.5 Å². The maximum absolute atomic E-state index is 11.9. The molecular formula is C28H40Cl2N12O16P2. The third-order valence-corrected chi connectivity index (χ3v) is 11.0. The first-order valence-corrected chi connectivity index (χ1v) is 21.4. The molecule has 4 aromatic rings. The molecule has 0 unspecified atom stereocenters. The maximum Gasteiger partial charge on any atom is 0.363 e. The highest BCUT2D eigenvalue weighted by molar-refractivity contribution is 7.53. The van der Waals surface area contributed by atoms with Crippen LogP contribution >= 0.6 is 38.4 Å². The zero-order chi connectivity index (χ0) is 44.4. The van der Waals surface area contributed by atoms with Crippen molar-refractivity contribution in [1.29, 1.82) is 0 Å². The molecule has 6 rings (SSSR count). The number of nitrogens with two attached hydrogens (primary N) is 2. The first kappa shape index (κ1) is 47.3. The molecule has 0 bridgehead atoms. The van der Waals surface area contributed by atoms with Gasteiger partial charge in [-0.3, -0.25) is 27.9 Å². The standard InChI is InChI=1S/2C14H20ClN6O8P/c2*1-2-17-11(24)13(30(25,26)27)28-3-5-7(22)8(23)12(29-5)21-4-18-6-9(16)19-14(15)20-10(6)21/h2*4-5,7-8,12-13,22-23H,2-3H2,1H3,(H,17,24)(H2,16,19,20)(H2,25,26,27)/t5-,7-,8-,12-,13+;5-,7-,8-,12-,13-/m11/s1. The molecule has 14 N–H and O–H groups in total. The molecule has 0 aromatic carbocycles. The van der Waals surface area contributed by atoms with Gasteiger partial charge in [0.15, 0.2) is 35.4 Å². The topological polar surface area (TPSA) is 430 Å². The van der Waals surface area contributed by atoms with E-state index in [1.54, 1.807) is 13.8 Å². The number of imidazole rings is 2. The maximum atomic E-state index is 11.9. The lowest BCUT2D eigenvalue weighted by molar-refractivity contribution is -0.133. The highest BCUT2D eigenvalue weighted by atomic mass is 35.5. The van der Waals surface area contributed by atoms with Crippen LogP contribution in [0.3, 0.4) is 0 Å². The summed E-state index contributed by atoms with van der Waals surface area (Å²) < 4.78 is 47.0. The van der Waals surface area contributed by atoms with Crippen LogP contribution in [0.1, 0.15) is 26.3 Å². The van der Waals surface area contributed by atoms with Gasteiger partial charge < -0.3 is 81.0 Å². The van der Waals surface area contributed by atoms with Gasteiger partial charge in [0, 0.05) is 13.1 Å². The van der Waals surface area contributed by atoms with Crippen LogP contribution in [0, 0.1) is 0 Å². The summed E-state index contributed by atoms with van der Waals surface area (Å²) in [5, 5.41) is 45.6. The van der Waals surface area contributed by atoms with E-state index in [0.29, 0.717) is 0 Å². The lowest BCUT2D eigenvalue weighted by Crippen LogP contribution is -2.40. The number of nitrogen functional groups attached to an aromatic ring is 2. The number of aromatic nitrogens is 8. The van der Waals surface area contributed by atoms with Crippen molar-refractivity contribution in [2.75, 3.05) is 37.8 Å². The van der Waals surface area contributed by atoms with Gasteiger partial charge in [0.2, 0.25) is 22.3 Å². The van der Waals surface area contributed by atoms with Crippen LogP contribution in [0.4, 0.5) is 11.6 Å². The quantitative estimate of drug-likeness (QED) is 0.0435. The number of hydrogen-bond donors (Lipinski definition) is 12. The Morgan fingerprint density at radius 3 is 1.38 bits per heavy atom. The average molecular weight is 934 g/mol. The number of rotatable bonds is 14. The van der Waals surface area contributed by atoms with E-state index in [4.69, 9.17) is 53.6 Å². The first-order chi connectivity index (χ1) is 28.1. The molecule has 2 fully saturated rings. The normalized spacial score (nSPS) is 25.5. The molecule has 0 radical (unpaired) electrons. The monoisotopic (exact) mass is 932 g/mol. The highest BCUT2D eigenvalue weighted by Crippen LogP contribution is 2.44. The number of aliphatic hydroxyl groups excluding tert-OH is 4. The van der Waals surface area contributed by atoms with E-state index in [9.17, 15) is 58.7 Å². The minimum Gasteiger partial charge on any atom is -0.387 e. The fourth-order valence-electron chi connectivity index (χ4n) is 5.93. The van der Waals surface area contributed by atoms with Crippen LogP contribution < -0.4 is 22.1 Å². The van der Waals surface area contributed by atoms with Crippen molar-refractivity contribution < 1.29 is 77.7 Å². The molecule has 0 saturated carbocycles. The van der Waals surface area contributed by atoms with Gasteiger partial charge >= 0.3 is 15.2 Å². The molecule has 60 heavy (non-hydrogen) atoms. The molecule has 10 atom stereocenters. The largest absolute Gasteiger partial charge is 0.387 e. The third-order valence-electron chi connectivity index (χ3n) is 8.66. The number of nitrogens with one attached hydrogen (secondary N) is 2. The molecule has 2 saturated heterocycles. The molecule has 0 spiro atoms. The molecule has 2 aliphatic heterocycles. The Kier molecular flexibility index (Phi) is 15.0. The number of carbonyl (C=O) groups excluding carboxylic acids is 2. The van der Waals surface area contributed by atoms with Gasteiger partial charge in [-0.05, 0) is 37.0 Å². The fourth-order valence-corrected chi connectivity index (χ4v) is 7.63. The van der Waals surface area contributed by atoms with Crippen molar-refractivity contribution in [3.05, 3.63) is 23.2 Å². The molecule has 332 valence electrons. The van der Waals surface area contributed by atoms with Gasteiger partial charge in [-0.2, -0.15) is 19.9 Å². The third kappa shape index (κ3) is 10.3. The second kappa shape index (κ2) is 19.1. The van der Waals surface area contributed by atoms with Crippen LogP contribution in [0.5, 0.6) is 0 Å². The number of carbonyl (C=O) groups is 2. The Morgan fingerprint density at radius 2 is 1.07 bits per heavy atom. The smallest absolute Gasteiger partial charge is 0.363 e. The molecule has 4 aromatic heterocycles. The minimum atomic E-state index is -4.96. The summed E-state index contributed by atoms with van der Waals surface area (Å²) in [6.07, 6.45) is -8.30. The highest BCUT2D eigenvalue weighted by Gasteiger charge is 2.48. The number of hydrogen-bond acceptors (Lipinski definition) is 20. The van der Waals surface area contributed by atoms with Crippen LogP contribution in [0.25, 0.3) is 22.3 Å². The van der Waals surface area contributed by atoms with Crippen molar-refractivity contribution >= 4 is 84.2 Å². The summed E-state index contributed by atoms with van der Waals surface area (Å²) in [5.74, 6) is -6.21. The Balaban J connectivity index is 0.000000228. The van der Waals surface area contributed by atoms with Gasteiger partial charge in [0.05, 0.1) is 25.9 Å². The molecule has 28 nitrogen and oxygen atoms in total. The van der Waals surface area contributed by atoms with Crippen molar-refractivity contribution in [3.8, 4) is 0 Å². The number of halogens is 2. The van der Waals surface area contributed by atoms with Gasteiger partial charge in [-0.25, -0.2) is 9.97 Å². The van der Waals surface area contributed by atoms with Crippen LogP contribution in [0.15, 0.2) is 12.7 Å². The van der Waals surface area contributed by atoms with Crippen LogP contribution in [-0.2, 0) is 37.7 Å². The van der Waals surface area contributed by atoms with Gasteiger partial charge in [-0.1, -0.05) is 0 Å². The number of aliphatic hydroxyl groups is 4. The van der Waals surface area contributed by atoms with E-state index >= 15 is 0 Å². The predicted octanol–water partition coefficient (Wildman–Crippen LogP) is -3.32. The number of amides is 2. The van der Waals surface area contributed by atoms with Crippen LogP contribution in [0.2, 0.25) is 10.6 Å². The van der Waals surface area contributed by atoms with E-state index in [-0.39, 0.29) is 57.6 Å². The Hall–Kier alpha value is -3.80. The number of ether oxygens (including phenoxy) is 4. The van der Waals surface area contributed by atoms with E-state index in [0.717, 1.165) is 0 Å². The molecule has 6 heterocycles. The average Bonchev–Trinajstić information content (AvgIpc) is 3.90. The number of likely N-dealkylation sites (N-methyl/N-ethyl adjacent to an activating group) is 2. The number of anilines is 2. The SMILES string of the molecule is CCNC(=O)[C@@H](OC[C@H]1O[C@@H](n2cnc3c(N)nc(Cl)nc32)[C@H](O)[C@@H]1O)P(=O)(O)O.CCNC(=O)[C@H](OC[C@H]1O[C@@H](n2cnc3c(N)nc(Cl)nc32)[C@H](O)[C@@H]1O)P(=O)(O)O. The summed E-state index contributed by atoms with van der Waals surface area (Å²) in [5.41, 5.74) is 12.1. The number of fused-ring (bicyclic) bond motifs is 2. The minimum absolute atomic E-state index is 0.00286. The summed E-state index contributed by atoms with van der Waals surface area (Å²) in [7, 11) is -9.91. The zero-order valence-corrected chi connectivity index (χ0v) is 34.3. The Bertz CT molecular complexity index is 2130. The van der Waals surface area contributed by atoms with E-state index in [1.165, 1.54) is 21.8 Å². The zero-order valence-electron chi connectivity index (χ0n) is 31.0. The lowest BCUT2D eigenvalue weighted by Gasteiger charge is -2.21. The summed E-state index contributed by atoms with van der Waals surface area (Å²) in [6, 6.07) is 0. The number of nitrogens with zero attached hydrogens (tertiary/aromatic N) is 8. The Labute approximate surface area is 346 Å². The van der Waals surface area contributed by atoms with Crippen molar-refractivity contribution in [3.63, 3.8) is 0 Å². The fraction of sp³-hybridized carbons (Fsp3) is 0.571. The lowest BCUT2D eigenvalue weighted by atomic mass is 10.1. The van der Waals surface area contributed by atoms with Crippen molar-refractivity contribution in [2.45, 2.75) is 74.6 Å². The first-order valence-electron chi connectivity index (χ1n) is 17.3. The summed E-state index contributed by atoms with van der Waals surface area (Å²) in [6.45, 7) is 2.21. The predicted molar refractivity (Wildman–Crippen MR) is 202 cm³/mol. The van der Waals surface area contributed by atoms with E-state index < -0.39 is 101 Å². The van der Waals surface area contributed by atoms with E-state index in [1.807, 2.05) is 0 Å². The molecular weight excluding hydrogens is 893 g/mol. The molecule has 2 aliphatic rings. The molecule has 2 amide bonds. The molecule has 32 heteroatoms. The van der Waals surface area contributed by atoms with Crippen molar-refractivity contribution in [1.82, 2.24) is 49.7 Å². The van der Waals surface area contributed by atoms with Gasteiger partial charge in [0.25, 0.3) is 11.8 Å². The summed E-state index contributed by atoms with van der Waals surface area (Å²) in [4.78, 5) is 84.8. The van der Waals surface area contributed by atoms with Crippen molar-refractivity contribution in [2.24, 2.45) is 0 Å². The summed E-state index contributed by atoms with van der Waals surface area (Å²) >= 11 is 11.6. The Morgan fingerprint density at radius 1 is 0.717 bits per heavy atom. The second-order valence-electron chi connectivity index (χ2n) is 12.8.